The van der Waals surface area contributed by atoms with Gasteiger partial charge in [-0.25, -0.2) is 4.39 Å². The molecular formula is C27H28FNO2S. The Balaban J connectivity index is 2.36. The molecule has 5 heteroatoms. The van der Waals surface area contributed by atoms with Crippen molar-refractivity contribution in [3.8, 4) is 18.1 Å². The van der Waals surface area contributed by atoms with E-state index in [1.54, 1.807) is 31.4 Å². The number of halogens is 1. The van der Waals surface area contributed by atoms with Crippen LogP contribution in [0.3, 0.4) is 0 Å². The Morgan fingerprint density at radius 3 is 2.72 bits per heavy atom. The van der Waals surface area contributed by atoms with E-state index < -0.39 is 22.5 Å². The Labute approximate surface area is 193 Å². The molecule has 0 fully saturated rings. The lowest BCUT2D eigenvalue weighted by molar-refractivity contribution is -0.116. The molecule has 0 aliphatic heterocycles. The van der Waals surface area contributed by atoms with E-state index in [9.17, 15) is 9.18 Å². The Hall–Kier alpha value is -3.10. The van der Waals surface area contributed by atoms with Gasteiger partial charge in [0.1, 0.15) is 11.6 Å². The lowest BCUT2D eigenvalue weighted by atomic mass is 9.76. The minimum Gasteiger partial charge on any atom is -0.471 e. The molecule has 0 saturated carbocycles. The maximum Gasteiger partial charge on any atom is 0.228 e. The Kier molecular flexibility index (Phi) is 8.63. The molecule has 0 radical (unpaired) electrons. The number of benzene rings is 1. The Bertz CT molecular complexity index is 1180. The molecule has 0 bridgehead atoms. The number of hydrogen-bond donors (Lipinski definition) is 1. The maximum atomic E-state index is 14.5. The third-order valence-electron chi connectivity index (χ3n) is 5.33. The predicted molar refractivity (Wildman–Crippen MR) is 134 cm³/mol. The summed E-state index contributed by atoms with van der Waals surface area (Å²) in [5.41, 5.74) is -0.291. The minimum atomic E-state index is -0.990. The van der Waals surface area contributed by atoms with Crippen molar-refractivity contribution in [3.05, 3.63) is 76.0 Å². The highest BCUT2D eigenvalue weighted by atomic mass is 32.2. The van der Waals surface area contributed by atoms with Crippen LogP contribution in [0.25, 0.3) is 12.7 Å². The summed E-state index contributed by atoms with van der Waals surface area (Å²) in [6, 6.07) is 2.79. The van der Waals surface area contributed by atoms with E-state index in [2.05, 4.69) is 12.5 Å². The molecule has 1 aromatic rings. The van der Waals surface area contributed by atoms with Crippen LogP contribution in [0.4, 0.5) is 4.39 Å². The first-order valence-electron chi connectivity index (χ1n) is 10.1. The summed E-state index contributed by atoms with van der Waals surface area (Å²) in [7, 11) is 0. The van der Waals surface area contributed by atoms with Crippen molar-refractivity contribution in [2.75, 3.05) is 6.26 Å². The fraction of sp³-hybridized carbons (Fsp3) is 0.259. The molecule has 1 unspecified atom stereocenters. The average Bonchev–Trinajstić information content (AvgIpc) is 3.07. The van der Waals surface area contributed by atoms with E-state index >= 15 is 0 Å². The smallest absolute Gasteiger partial charge is 0.228 e. The van der Waals surface area contributed by atoms with Crippen molar-refractivity contribution in [1.29, 1.82) is 5.41 Å². The van der Waals surface area contributed by atoms with Crippen LogP contribution < -0.4 is 15.2 Å². The fourth-order valence-electron chi connectivity index (χ4n) is 3.16. The molecule has 1 atom stereocenters. The van der Waals surface area contributed by atoms with Crippen molar-refractivity contribution in [2.24, 2.45) is 5.41 Å². The summed E-state index contributed by atoms with van der Waals surface area (Å²) in [5, 5.41) is 9.27. The van der Waals surface area contributed by atoms with Crippen molar-refractivity contribution < 1.29 is 13.9 Å². The van der Waals surface area contributed by atoms with Gasteiger partial charge in [0.05, 0.1) is 5.71 Å². The molecule has 0 aromatic heterocycles. The summed E-state index contributed by atoms with van der Waals surface area (Å²) in [6.45, 7) is 9.25. The molecule has 166 valence electrons. The molecule has 0 heterocycles. The van der Waals surface area contributed by atoms with E-state index in [4.69, 9.17) is 16.6 Å². The number of carbonyl (C=O) groups excluding carboxylic acids is 1. The van der Waals surface area contributed by atoms with E-state index in [1.807, 2.05) is 44.2 Å². The zero-order valence-electron chi connectivity index (χ0n) is 18.9. The number of hydrogen-bond acceptors (Lipinski definition) is 4. The first-order valence-corrected chi connectivity index (χ1v) is 11.4. The van der Waals surface area contributed by atoms with Crippen molar-refractivity contribution in [2.45, 2.75) is 32.6 Å². The second-order valence-electron chi connectivity index (χ2n) is 7.76. The summed E-state index contributed by atoms with van der Waals surface area (Å²) in [4.78, 5) is 13.2. The number of thioether (sulfide) groups is 1. The number of allylic oxidation sites excluding steroid dienone is 8. The van der Waals surface area contributed by atoms with Gasteiger partial charge < -0.3 is 10.1 Å². The van der Waals surface area contributed by atoms with Crippen LogP contribution in [0, 0.1) is 29.0 Å². The Morgan fingerprint density at radius 1 is 1.38 bits per heavy atom. The molecule has 1 aliphatic rings. The molecule has 0 saturated heterocycles. The van der Waals surface area contributed by atoms with Gasteiger partial charge in [-0.15, -0.1) is 18.2 Å². The highest BCUT2D eigenvalue weighted by Gasteiger charge is 2.36. The number of Topliss-reactive ketones (excluding diaryl/α,β-unsaturated/α-hetero) is 1. The number of nitrogens with one attached hydrogen (secondary N) is 1. The van der Waals surface area contributed by atoms with Gasteiger partial charge in [0.15, 0.2) is 0 Å². The lowest BCUT2D eigenvalue weighted by Crippen LogP contribution is -2.40. The van der Waals surface area contributed by atoms with Gasteiger partial charge in [-0.3, -0.25) is 4.79 Å². The van der Waals surface area contributed by atoms with Crippen LogP contribution in [-0.4, -0.2) is 23.2 Å². The number of carbonyl (C=O) groups is 1. The molecular weight excluding hydrogens is 421 g/mol. The van der Waals surface area contributed by atoms with E-state index in [0.717, 1.165) is 17.3 Å². The van der Waals surface area contributed by atoms with Gasteiger partial charge >= 0.3 is 0 Å². The molecule has 2 rings (SSSR count). The predicted octanol–water partition coefficient (Wildman–Crippen LogP) is 4.72. The standard InChI is InChI=1S/C27H28FNO2S/c1-7-19(8-2)15-20-16-22(17-23(28)18(20)3)31-26(32-6)24(30)25(29)27(4,5)21-13-11-9-10-12-14-21/h1,8-13,15-17,26,29H,3,14H2,2,4-6H3. The second kappa shape index (κ2) is 11.0. The normalized spacial score (nSPS) is 15.6. The summed E-state index contributed by atoms with van der Waals surface area (Å²) in [5.74, 6) is 1.67. The van der Waals surface area contributed by atoms with Gasteiger partial charge in [-0.05, 0) is 37.0 Å². The highest BCUT2D eigenvalue weighted by molar-refractivity contribution is 7.99. The quantitative estimate of drug-likeness (QED) is 0.355. The van der Waals surface area contributed by atoms with Crippen LogP contribution in [0.5, 0.6) is 5.75 Å². The summed E-state index contributed by atoms with van der Waals surface area (Å²) in [6.07, 6.45) is 20.9. The topological polar surface area (TPSA) is 50.2 Å². The Morgan fingerprint density at radius 2 is 2.09 bits per heavy atom. The van der Waals surface area contributed by atoms with Crippen LogP contribution in [0.2, 0.25) is 0 Å². The van der Waals surface area contributed by atoms with Crippen molar-refractivity contribution in [3.63, 3.8) is 0 Å². The van der Waals surface area contributed by atoms with E-state index in [-0.39, 0.29) is 16.7 Å². The third kappa shape index (κ3) is 5.77. The first-order chi connectivity index (χ1) is 15.1. The molecule has 1 aromatic carbocycles. The lowest BCUT2D eigenvalue weighted by Gasteiger charge is -2.29. The largest absolute Gasteiger partial charge is 0.471 e. The zero-order chi connectivity index (χ0) is 23.9. The molecule has 1 N–H and O–H groups in total. The van der Waals surface area contributed by atoms with Gasteiger partial charge in [0, 0.05) is 22.3 Å². The van der Waals surface area contributed by atoms with E-state index in [1.165, 1.54) is 6.07 Å². The number of terminal acetylenes is 1. The van der Waals surface area contributed by atoms with Crippen LogP contribution in [0.1, 0.15) is 27.2 Å². The molecule has 32 heavy (non-hydrogen) atoms. The number of rotatable bonds is 8. The summed E-state index contributed by atoms with van der Waals surface area (Å²) >= 11 is 1.15. The highest BCUT2D eigenvalue weighted by Crippen LogP contribution is 2.33. The molecule has 1 aliphatic carbocycles. The molecule has 0 amide bonds. The minimum absolute atomic E-state index is 0.0589. The van der Waals surface area contributed by atoms with Crippen molar-refractivity contribution in [1.82, 2.24) is 0 Å². The maximum absolute atomic E-state index is 14.5. The SMILES string of the molecule is C#CC(=CC)C=c1cc(OC(SC)C(=O)C(=N)C(C)(C)C2=CC=CC=CC2)cc(F)c1=C. The van der Waals surface area contributed by atoms with Crippen LogP contribution in [-0.2, 0) is 4.79 Å². The van der Waals surface area contributed by atoms with E-state index in [0.29, 0.717) is 17.2 Å². The van der Waals surface area contributed by atoms with Gasteiger partial charge in [0.2, 0.25) is 11.2 Å². The van der Waals surface area contributed by atoms with Gasteiger partial charge in [-0.2, -0.15) is 0 Å². The number of ketones is 1. The van der Waals surface area contributed by atoms with Crippen LogP contribution >= 0.6 is 11.8 Å². The third-order valence-corrected chi connectivity index (χ3v) is 6.07. The number of ether oxygens (including phenoxy) is 1. The zero-order valence-corrected chi connectivity index (χ0v) is 19.7. The molecule has 0 spiro atoms. The summed E-state index contributed by atoms with van der Waals surface area (Å²) < 4.78 is 20.3. The monoisotopic (exact) mass is 449 g/mol. The van der Waals surface area contributed by atoms with Crippen LogP contribution in [0.15, 0.2) is 59.7 Å². The second-order valence-corrected chi connectivity index (χ2v) is 8.66. The van der Waals surface area contributed by atoms with Crippen molar-refractivity contribution >= 4 is 35.9 Å². The van der Waals surface area contributed by atoms with Gasteiger partial charge in [0.25, 0.3) is 0 Å². The molecule has 3 nitrogen and oxygen atoms in total. The average molecular weight is 450 g/mol. The first kappa shape index (κ1) is 25.2. The fourth-order valence-corrected chi connectivity index (χ4v) is 3.70. The van der Waals surface area contributed by atoms with Gasteiger partial charge in [-0.1, -0.05) is 68.4 Å².